The summed E-state index contributed by atoms with van der Waals surface area (Å²) in [6, 6.07) is 20.2. The highest BCUT2D eigenvalue weighted by Gasteiger charge is 2.25. The Bertz CT molecular complexity index is 1370. The van der Waals surface area contributed by atoms with Gasteiger partial charge in [-0.2, -0.15) is 0 Å². The van der Waals surface area contributed by atoms with Crippen LogP contribution in [0.1, 0.15) is 10.4 Å². The van der Waals surface area contributed by atoms with Gasteiger partial charge in [0.05, 0.1) is 22.8 Å². The molecule has 0 aliphatic carbocycles. The van der Waals surface area contributed by atoms with Crippen molar-refractivity contribution in [3.05, 3.63) is 103 Å². The lowest BCUT2D eigenvalue weighted by atomic mass is 10.2. The largest absolute Gasteiger partial charge is 0.298 e. The molecule has 4 aromatic rings. The molecule has 0 fully saturated rings. The summed E-state index contributed by atoms with van der Waals surface area (Å²) < 4.78 is 27.9. The maximum Gasteiger partial charge on any atom is 0.264 e. The molecule has 4 rings (SSSR count). The number of hydrogen-bond donors (Lipinski definition) is 1. The maximum absolute atomic E-state index is 13.3. The van der Waals surface area contributed by atoms with Crippen LogP contribution >= 0.6 is 11.3 Å². The molecular formula is C24H20N4O3S2. The van der Waals surface area contributed by atoms with Crippen LogP contribution in [-0.2, 0) is 10.0 Å². The summed E-state index contributed by atoms with van der Waals surface area (Å²) >= 11 is 1.27. The lowest BCUT2D eigenvalue weighted by Crippen LogP contribution is -2.31. The predicted molar refractivity (Wildman–Crippen MR) is 131 cm³/mol. The van der Waals surface area contributed by atoms with Crippen molar-refractivity contribution in [1.29, 1.82) is 0 Å². The topological polar surface area (TPSA) is 92.3 Å². The Morgan fingerprint density at radius 3 is 2.55 bits per heavy atom. The van der Waals surface area contributed by atoms with Gasteiger partial charge in [-0.15, -0.1) is 17.9 Å². The third-order valence-corrected chi connectivity index (χ3v) is 7.22. The van der Waals surface area contributed by atoms with Crippen molar-refractivity contribution in [3.63, 3.8) is 0 Å². The molecule has 0 spiro atoms. The summed E-state index contributed by atoms with van der Waals surface area (Å²) in [5.41, 5.74) is 2.06. The minimum atomic E-state index is -3.92. The molecule has 9 heteroatoms. The van der Waals surface area contributed by atoms with Gasteiger partial charge < -0.3 is 0 Å². The van der Waals surface area contributed by atoms with Crippen molar-refractivity contribution in [3.8, 4) is 11.4 Å². The van der Waals surface area contributed by atoms with E-state index in [-0.39, 0.29) is 17.0 Å². The zero-order valence-electron chi connectivity index (χ0n) is 17.5. The minimum absolute atomic E-state index is 0.00849. The second-order valence-corrected chi connectivity index (χ2v) is 9.62. The molecule has 0 bridgehead atoms. The van der Waals surface area contributed by atoms with Crippen molar-refractivity contribution in [2.45, 2.75) is 4.90 Å². The van der Waals surface area contributed by atoms with Crippen LogP contribution in [-0.4, -0.2) is 30.8 Å². The van der Waals surface area contributed by atoms with Crippen LogP contribution < -0.4 is 9.62 Å². The van der Waals surface area contributed by atoms with Crippen LogP contribution in [0.2, 0.25) is 0 Å². The summed E-state index contributed by atoms with van der Waals surface area (Å²) in [5, 5.41) is 4.92. The molecule has 33 heavy (non-hydrogen) atoms. The lowest BCUT2D eigenvalue weighted by Gasteiger charge is -2.23. The molecule has 0 saturated carbocycles. The standard InChI is InChI=1S/C24H20N4O3S2/c1-2-15-28(19-10-4-3-5-11-19)33(30,31)20-12-8-9-18(16-20)23(29)27-24-26-22(17-32-24)21-13-6-7-14-25-21/h2-14,16-17H,1,15H2,(H,26,27,29). The first kappa shape index (κ1) is 22.4. The van der Waals surface area contributed by atoms with Crippen LogP contribution in [0.5, 0.6) is 0 Å². The van der Waals surface area contributed by atoms with Crippen LogP contribution in [0.3, 0.4) is 0 Å². The number of aromatic nitrogens is 2. The van der Waals surface area contributed by atoms with E-state index in [1.807, 2.05) is 24.3 Å². The molecular weight excluding hydrogens is 456 g/mol. The molecule has 2 aromatic heterocycles. The monoisotopic (exact) mass is 476 g/mol. The van der Waals surface area contributed by atoms with Gasteiger partial charge in [0.1, 0.15) is 5.69 Å². The number of rotatable bonds is 8. The molecule has 166 valence electrons. The Labute approximate surface area is 196 Å². The first-order valence-electron chi connectivity index (χ1n) is 9.96. The van der Waals surface area contributed by atoms with Crippen molar-refractivity contribution >= 4 is 38.1 Å². The molecule has 2 aromatic carbocycles. The Morgan fingerprint density at radius 1 is 1.03 bits per heavy atom. The number of para-hydroxylation sites is 1. The molecule has 0 unspecified atom stereocenters. The summed E-state index contributed by atoms with van der Waals surface area (Å²) in [6.45, 7) is 3.76. The normalized spacial score (nSPS) is 11.0. The molecule has 1 N–H and O–H groups in total. The van der Waals surface area contributed by atoms with Gasteiger partial charge >= 0.3 is 0 Å². The number of nitrogens with one attached hydrogen (secondary N) is 1. The molecule has 0 aliphatic rings. The Hall–Kier alpha value is -3.82. The van der Waals surface area contributed by atoms with Gasteiger partial charge in [0, 0.05) is 17.1 Å². The van der Waals surface area contributed by atoms with Crippen LogP contribution in [0.15, 0.2) is 102 Å². The number of amides is 1. The quantitative estimate of drug-likeness (QED) is 0.368. The number of carbonyl (C=O) groups is 1. The summed E-state index contributed by atoms with van der Waals surface area (Å²) in [4.78, 5) is 21.5. The second kappa shape index (κ2) is 9.76. The van der Waals surface area contributed by atoms with Crippen LogP contribution in [0, 0.1) is 0 Å². The first-order valence-corrected chi connectivity index (χ1v) is 12.3. The van der Waals surface area contributed by atoms with E-state index >= 15 is 0 Å². The number of thiazole rings is 1. The molecule has 0 atom stereocenters. The fourth-order valence-electron chi connectivity index (χ4n) is 3.11. The van der Waals surface area contributed by atoms with E-state index in [0.29, 0.717) is 22.2 Å². The van der Waals surface area contributed by atoms with Gasteiger partial charge in [0.25, 0.3) is 15.9 Å². The van der Waals surface area contributed by atoms with Crippen molar-refractivity contribution in [1.82, 2.24) is 9.97 Å². The highest BCUT2D eigenvalue weighted by molar-refractivity contribution is 7.92. The smallest absolute Gasteiger partial charge is 0.264 e. The highest BCUT2D eigenvalue weighted by atomic mass is 32.2. The van der Waals surface area contributed by atoms with Gasteiger partial charge in [-0.1, -0.05) is 36.4 Å². The Kier molecular flexibility index (Phi) is 6.62. The zero-order chi connectivity index (χ0) is 23.3. The minimum Gasteiger partial charge on any atom is -0.298 e. The number of benzene rings is 2. The van der Waals surface area contributed by atoms with E-state index < -0.39 is 15.9 Å². The van der Waals surface area contributed by atoms with E-state index in [9.17, 15) is 13.2 Å². The van der Waals surface area contributed by atoms with E-state index in [2.05, 4.69) is 21.9 Å². The molecule has 2 heterocycles. The highest BCUT2D eigenvalue weighted by Crippen LogP contribution is 2.26. The SMILES string of the molecule is C=CCN(c1ccccc1)S(=O)(=O)c1cccc(C(=O)Nc2nc(-c3ccccn3)cs2)c1. The molecule has 0 aliphatic heterocycles. The summed E-state index contributed by atoms with van der Waals surface area (Å²) in [5.74, 6) is -0.455. The third kappa shape index (κ3) is 5.00. The molecule has 7 nitrogen and oxygen atoms in total. The van der Waals surface area contributed by atoms with Crippen molar-refractivity contribution < 1.29 is 13.2 Å². The number of anilines is 2. The fraction of sp³-hybridized carbons (Fsp3) is 0.0417. The summed E-state index contributed by atoms with van der Waals surface area (Å²) in [7, 11) is -3.92. The first-order chi connectivity index (χ1) is 16.0. The number of nitrogens with zero attached hydrogens (tertiary/aromatic N) is 3. The van der Waals surface area contributed by atoms with Gasteiger partial charge in [-0.25, -0.2) is 13.4 Å². The number of pyridine rings is 1. The van der Waals surface area contributed by atoms with Crippen LogP contribution in [0.25, 0.3) is 11.4 Å². The fourth-order valence-corrected chi connectivity index (χ4v) is 5.29. The zero-order valence-corrected chi connectivity index (χ0v) is 19.1. The average Bonchev–Trinajstić information content (AvgIpc) is 3.32. The van der Waals surface area contributed by atoms with Gasteiger partial charge in [0.15, 0.2) is 5.13 Å². The number of sulfonamides is 1. The third-order valence-electron chi connectivity index (χ3n) is 4.68. The predicted octanol–water partition coefficient (Wildman–Crippen LogP) is 4.84. The Morgan fingerprint density at radius 2 is 1.82 bits per heavy atom. The number of carbonyl (C=O) groups excluding carboxylic acids is 1. The lowest BCUT2D eigenvalue weighted by molar-refractivity contribution is 0.102. The van der Waals surface area contributed by atoms with Gasteiger partial charge in [0.2, 0.25) is 0 Å². The van der Waals surface area contributed by atoms with Crippen molar-refractivity contribution in [2.24, 2.45) is 0 Å². The van der Waals surface area contributed by atoms with Gasteiger partial charge in [-0.05, 0) is 42.5 Å². The second-order valence-electron chi connectivity index (χ2n) is 6.90. The van der Waals surface area contributed by atoms with E-state index in [0.717, 1.165) is 0 Å². The maximum atomic E-state index is 13.3. The summed E-state index contributed by atoms with van der Waals surface area (Å²) in [6.07, 6.45) is 3.19. The number of hydrogen-bond acceptors (Lipinski definition) is 6. The Balaban J connectivity index is 1.58. The molecule has 1 amide bonds. The van der Waals surface area contributed by atoms with Crippen LogP contribution in [0.4, 0.5) is 10.8 Å². The van der Waals surface area contributed by atoms with E-state index in [4.69, 9.17) is 0 Å². The van der Waals surface area contributed by atoms with E-state index in [1.165, 1.54) is 33.9 Å². The molecule has 0 saturated heterocycles. The van der Waals surface area contributed by atoms with E-state index in [1.54, 1.807) is 48.0 Å². The van der Waals surface area contributed by atoms with Crippen molar-refractivity contribution in [2.75, 3.05) is 16.2 Å². The molecule has 0 radical (unpaired) electrons. The van der Waals surface area contributed by atoms with Gasteiger partial charge in [-0.3, -0.25) is 19.4 Å². The average molecular weight is 477 g/mol.